The van der Waals surface area contributed by atoms with Crippen molar-refractivity contribution in [3.05, 3.63) is 71.7 Å². The Hall–Kier alpha value is -3.16. The number of aromatic nitrogens is 2. The largest absolute Gasteiger partial charge is 0.416 e. The van der Waals surface area contributed by atoms with Gasteiger partial charge in [-0.05, 0) is 37.3 Å². The van der Waals surface area contributed by atoms with Crippen LogP contribution in [0.15, 0.2) is 54.6 Å². The number of halogens is 4. The maximum Gasteiger partial charge on any atom is 0.416 e. The van der Waals surface area contributed by atoms with E-state index >= 15 is 0 Å². The van der Waals surface area contributed by atoms with Gasteiger partial charge in [-0.15, -0.1) is 0 Å². The highest BCUT2D eigenvalue weighted by Crippen LogP contribution is 2.31. The zero-order chi connectivity index (χ0) is 18.7. The lowest BCUT2D eigenvalue weighted by Crippen LogP contribution is -2.06. The fourth-order valence-electron chi connectivity index (χ4n) is 2.29. The molecule has 2 aromatic carbocycles. The van der Waals surface area contributed by atoms with Crippen LogP contribution in [0.1, 0.15) is 11.3 Å². The number of benzene rings is 2. The Labute approximate surface area is 146 Å². The molecule has 0 aliphatic rings. The topological polar surface area (TPSA) is 49.8 Å². The molecule has 0 saturated heterocycles. The second kappa shape index (κ2) is 6.99. The van der Waals surface area contributed by atoms with Gasteiger partial charge in [-0.2, -0.15) is 18.2 Å². The fourth-order valence-corrected chi connectivity index (χ4v) is 2.29. The molecule has 2 N–H and O–H groups in total. The standard InChI is InChI=1S/C18H14F4N4/c1-11-9-16(24-13-6-4-5-12(10-13)18(20,21)22)26-17(23-11)25-15-8-3-2-7-14(15)19/h2-10H,1H3,(H2,23,24,25,26). The Morgan fingerprint density at radius 2 is 1.65 bits per heavy atom. The lowest BCUT2D eigenvalue weighted by Gasteiger charge is -2.12. The molecule has 0 bridgehead atoms. The van der Waals surface area contributed by atoms with E-state index in [9.17, 15) is 17.6 Å². The first-order chi connectivity index (χ1) is 12.3. The Morgan fingerprint density at radius 1 is 0.885 bits per heavy atom. The molecule has 0 amide bonds. The van der Waals surface area contributed by atoms with Crippen LogP contribution in [-0.4, -0.2) is 9.97 Å². The maximum absolute atomic E-state index is 13.7. The second-order valence-corrected chi connectivity index (χ2v) is 5.53. The fraction of sp³-hybridized carbons (Fsp3) is 0.111. The molecule has 0 radical (unpaired) electrons. The van der Waals surface area contributed by atoms with Crippen LogP contribution >= 0.6 is 0 Å². The Morgan fingerprint density at radius 3 is 2.38 bits per heavy atom. The van der Waals surface area contributed by atoms with Crippen LogP contribution in [0.2, 0.25) is 0 Å². The monoisotopic (exact) mass is 362 g/mol. The summed E-state index contributed by atoms with van der Waals surface area (Å²) in [7, 11) is 0. The molecule has 8 heteroatoms. The van der Waals surface area contributed by atoms with Crippen LogP contribution in [0.3, 0.4) is 0 Å². The molecule has 0 unspecified atom stereocenters. The smallest absolute Gasteiger partial charge is 0.340 e. The zero-order valence-electron chi connectivity index (χ0n) is 13.6. The van der Waals surface area contributed by atoms with E-state index in [4.69, 9.17) is 0 Å². The number of alkyl halides is 3. The van der Waals surface area contributed by atoms with Gasteiger partial charge >= 0.3 is 6.18 Å². The van der Waals surface area contributed by atoms with Crippen molar-refractivity contribution in [2.24, 2.45) is 0 Å². The van der Waals surface area contributed by atoms with E-state index in [0.717, 1.165) is 12.1 Å². The number of anilines is 4. The zero-order valence-corrected chi connectivity index (χ0v) is 13.6. The van der Waals surface area contributed by atoms with Crippen molar-refractivity contribution in [1.82, 2.24) is 9.97 Å². The highest BCUT2D eigenvalue weighted by molar-refractivity contribution is 5.61. The van der Waals surface area contributed by atoms with Gasteiger partial charge in [0.1, 0.15) is 11.6 Å². The van der Waals surface area contributed by atoms with E-state index in [1.807, 2.05) is 0 Å². The van der Waals surface area contributed by atoms with Crippen molar-refractivity contribution in [1.29, 1.82) is 0 Å². The summed E-state index contributed by atoms with van der Waals surface area (Å²) in [6, 6.07) is 12.4. The number of hydrogen-bond donors (Lipinski definition) is 2. The molecule has 1 aromatic heterocycles. The summed E-state index contributed by atoms with van der Waals surface area (Å²) in [6.07, 6.45) is -4.43. The van der Waals surface area contributed by atoms with Crippen molar-refractivity contribution in [2.45, 2.75) is 13.1 Å². The van der Waals surface area contributed by atoms with Crippen LogP contribution < -0.4 is 10.6 Å². The van der Waals surface area contributed by atoms with Gasteiger partial charge in [0.15, 0.2) is 0 Å². The van der Waals surface area contributed by atoms with Gasteiger partial charge in [0.2, 0.25) is 5.95 Å². The molecule has 1 heterocycles. The first-order valence-corrected chi connectivity index (χ1v) is 7.63. The summed E-state index contributed by atoms with van der Waals surface area (Å²) in [6.45, 7) is 1.70. The average molecular weight is 362 g/mol. The lowest BCUT2D eigenvalue weighted by molar-refractivity contribution is -0.137. The van der Waals surface area contributed by atoms with Gasteiger partial charge in [-0.25, -0.2) is 9.37 Å². The normalized spacial score (nSPS) is 11.3. The van der Waals surface area contributed by atoms with E-state index in [1.54, 1.807) is 25.1 Å². The molecular formula is C18H14F4N4. The summed E-state index contributed by atoms with van der Waals surface area (Å²) in [4.78, 5) is 8.34. The molecule has 0 atom stereocenters. The second-order valence-electron chi connectivity index (χ2n) is 5.53. The molecule has 4 nitrogen and oxygen atoms in total. The predicted octanol–water partition coefficient (Wildman–Crippen LogP) is 5.43. The molecule has 0 aliphatic carbocycles. The third-order valence-electron chi connectivity index (χ3n) is 3.44. The van der Waals surface area contributed by atoms with Crippen molar-refractivity contribution >= 4 is 23.1 Å². The third-order valence-corrected chi connectivity index (χ3v) is 3.44. The van der Waals surface area contributed by atoms with Gasteiger partial charge in [-0.1, -0.05) is 18.2 Å². The minimum atomic E-state index is -4.43. The third kappa shape index (κ3) is 4.27. The number of rotatable bonds is 4. The Bertz CT molecular complexity index is 925. The Kier molecular flexibility index (Phi) is 4.75. The van der Waals surface area contributed by atoms with Crippen LogP contribution in [0.5, 0.6) is 0 Å². The summed E-state index contributed by atoms with van der Waals surface area (Å²) in [5, 5.41) is 5.57. The SMILES string of the molecule is Cc1cc(Nc2cccc(C(F)(F)F)c2)nc(Nc2ccccc2F)n1. The van der Waals surface area contributed by atoms with Crippen molar-refractivity contribution in [2.75, 3.05) is 10.6 Å². The molecule has 134 valence electrons. The van der Waals surface area contributed by atoms with Crippen LogP contribution in [-0.2, 0) is 6.18 Å². The van der Waals surface area contributed by atoms with Crippen molar-refractivity contribution in [3.63, 3.8) is 0 Å². The van der Waals surface area contributed by atoms with Gasteiger partial charge in [-0.3, -0.25) is 0 Å². The van der Waals surface area contributed by atoms with E-state index in [2.05, 4.69) is 20.6 Å². The average Bonchev–Trinajstić information content (AvgIpc) is 2.56. The van der Waals surface area contributed by atoms with Gasteiger partial charge in [0.05, 0.1) is 11.3 Å². The summed E-state index contributed by atoms with van der Waals surface area (Å²) in [5.41, 5.74) is 0.226. The molecular weight excluding hydrogens is 348 g/mol. The number of hydrogen-bond acceptors (Lipinski definition) is 4. The molecule has 3 rings (SSSR count). The number of para-hydroxylation sites is 1. The molecule has 26 heavy (non-hydrogen) atoms. The molecule has 0 spiro atoms. The first-order valence-electron chi connectivity index (χ1n) is 7.63. The van der Waals surface area contributed by atoms with E-state index < -0.39 is 17.6 Å². The molecule has 0 fully saturated rings. The summed E-state index contributed by atoms with van der Waals surface area (Å²) >= 11 is 0. The van der Waals surface area contributed by atoms with E-state index in [-0.39, 0.29) is 23.1 Å². The number of aryl methyl sites for hydroxylation is 1. The highest BCUT2D eigenvalue weighted by atomic mass is 19.4. The minimum absolute atomic E-state index is 0.129. The van der Waals surface area contributed by atoms with Crippen LogP contribution in [0.4, 0.5) is 40.7 Å². The Balaban J connectivity index is 1.85. The molecule has 0 saturated carbocycles. The highest BCUT2D eigenvalue weighted by Gasteiger charge is 2.30. The minimum Gasteiger partial charge on any atom is -0.340 e. The molecule has 3 aromatic rings. The maximum atomic E-state index is 13.7. The predicted molar refractivity (Wildman–Crippen MR) is 91.2 cm³/mol. The number of nitrogens with zero attached hydrogens (tertiary/aromatic N) is 2. The van der Waals surface area contributed by atoms with Gasteiger partial charge in [0, 0.05) is 17.4 Å². The van der Waals surface area contributed by atoms with Crippen molar-refractivity contribution < 1.29 is 17.6 Å². The first kappa shape index (κ1) is 17.7. The van der Waals surface area contributed by atoms with E-state index in [1.165, 1.54) is 24.3 Å². The van der Waals surface area contributed by atoms with Crippen LogP contribution in [0, 0.1) is 12.7 Å². The van der Waals surface area contributed by atoms with Crippen LogP contribution in [0.25, 0.3) is 0 Å². The van der Waals surface area contributed by atoms with Gasteiger partial charge in [0.25, 0.3) is 0 Å². The summed E-state index contributed by atoms with van der Waals surface area (Å²) < 4.78 is 52.2. The van der Waals surface area contributed by atoms with Gasteiger partial charge < -0.3 is 10.6 Å². The van der Waals surface area contributed by atoms with Crippen molar-refractivity contribution in [3.8, 4) is 0 Å². The quantitative estimate of drug-likeness (QED) is 0.608. The van der Waals surface area contributed by atoms with E-state index in [0.29, 0.717) is 5.69 Å². The summed E-state index contributed by atoms with van der Waals surface area (Å²) in [5.74, 6) is -0.0507. The lowest BCUT2D eigenvalue weighted by atomic mass is 10.2. The number of nitrogens with one attached hydrogen (secondary N) is 2. The molecule has 0 aliphatic heterocycles.